The van der Waals surface area contributed by atoms with Crippen LogP contribution in [0.1, 0.15) is 44.7 Å². The number of ether oxygens (including phenoxy) is 5. The van der Waals surface area contributed by atoms with Gasteiger partial charge in [-0.15, -0.1) is 0 Å². The summed E-state index contributed by atoms with van der Waals surface area (Å²) in [6.07, 6.45) is 0.147. The average molecular weight is 805 g/mol. The van der Waals surface area contributed by atoms with Gasteiger partial charge in [0, 0.05) is 28.6 Å². The Labute approximate surface area is 340 Å². The van der Waals surface area contributed by atoms with Gasteiger partial charge in [0.1, 0.15) is 36.9 Å². The maximum absolute atomic E-state index is 13.7. The summed E-state index contributed by atoms with van der Waals surface area (Å²) in [5.74, 6) is -5.84. The summed E-state index contributed by atoms with van der Waals surface area (Å²) in [6.45, 7) is 9.12. The third-order valence-corrected chi connectivity index (χ3v) is 12.6. The molecule has 9 unspecified atom stereocenters. The highest BCUT2D eigenvalue weighted by molar-refractivity contribution is 6.10. The fraction of sp³-hybridized carbons (Fsp3) is 0.391. The Morgan fingerprint density at radius 1 is 0.712 bits per heavy atom. The number of fused-ring (bicyclic) bond motifs is 6. The largest absolute Gasteiger partial charge is 0.508 e. The number of phenols is 2. The maximum atomic E-state index is 13.7. The van der Waals surface area contributed by atoms with Gasteiger partial charge in [0.2, 0.25) is 0 Å². The second kappa shape index (κ2) is 15.6. The van der Waals surface area contributed by atoms with Gasteiger partial charge in [0.15, 0.2) is 11.6 Å². The van der Waals surface area contributed by atoms with Crippen molar-refractivity contribution in [3.63, 3.8) is 0 Å². The van der Waals surface area contributed by atoms with Crippen LogP contribution in [0.5, 0.6) is 11.5 Å². The van der Waals surface area contributed by atoms with E-state index in [4.69, 9.17) is 23.7 Å². The lowest BCUT2D eigenvalue weighted by Gasteiger charge is -2.35. The van der Waals surface area contributed by atoms with Gasteiger partial charge in [-0.2, -0.15) is 0 Å². The van der Waals surface area contributed by atoms with E-state index in [0.29, 0.717) is 39.0 Å². The molecule has 2 fully saturated rings. The van der Waals surface area contributed by atoms with E-state index in [-0.39, 0.29) is 67.5 Å². The lowest BCUT2D eigenvalue weighted by molar-refractivity contribution is -0.146. The number of ketones is 2. The van der Waals surface area contributed by atoms with Crippen LogP contribution in [0.15, 0.2) is 106 Å². The first-order valence-corrected chi connectivity index (χ1v) is 19.7. The number of hydrogen-bond acceptors (Lipinski definition) is 13. The molecule has 2 aromatic rings. The van der Waals surface area contributed by atoms with E-state index in [1.165, 1.54) is 36.4 Å². The summed E-state index contributed by atoms with van der Waals surface area (Å²) < 4.78 is 30.4. The molecule has 0 bridgehead atoms. The first-order valence-electron chi connectivity index (χ1n) is 19.7. The Kier molecular flexibility index (Phi) is 10.5. The van der Waals surface area contributed by atoms with Gasteiger partial charge in [0.25, 0.3) is 0 Å². The molecule has 2 saturated heterocycles. The van der Waals surface area contributed by atoms with E-state index in [9.17, 15) is 39.0 Å². The number of esters is 4. The lowest BCUT2D eigenvalue weighted by Crippen LogP contribution is -2.42. The van der Waals surface area contributed by atoms with Crippen LogP contribution in [0.25, 0.3) is 0 Å². The monoisotopic (exact) mass is 804 g/mol. The molecule has 2 heterocycles. The normalized spacial score (nSPS) is 29.7. The molecule has 2 aromatic carbocycles. The van der Waals surface area contributed by atoms with Crippen LogP contribution in [0.2, 0.25) is 0 Å². The fourth-order valence-electron chi connectivity index (χ4n) is 9.79. The minimum atomic E-state index is -0.896. The minimum Gasteiger partial charge on any atom is -0.508 e. The van der Waals surface area contributed by atoms with Crippen molar-refractivity contribution in [2.45, 2.75) is 70.9 Å². The first kappa shape index (κ1) is 39.7. The second-order valence-corrected chi connectivity index (χ2v) is 16.3. The number of aromatic hydroxyl groups is 2. The number of allylic oxidation sites excluding steroid dienone is 2. The molecular weight excluding hydrogens is 760 g/mol. The molecule has 4 aliphatic carbocycles. The summed E-state index contributed by atoms with van der Waals surface area (Å²) in [6, 6.07) is 12.4. The molecule has 2 N–H and O–H groups in total. The molecule has 0 saturated carbocycles. The van der Waals surface area contributed by atoms with Crippen molar-refractivity contribution in [3.8, 4) is 11.5 Å². The summed E-state index contributed by atoms with van der Waals surface area (Å²) in [4.78, 5) is 79.7. The van der Waals surface area contributed by atoms with E-state index in [1.54, 1.807) is 31.2 Å². The van der Waals surface area contributed by atoms with E-state index >= 15 is 0 Å². The summed E-state index contributed by atoms with van der Waals surface area (Å²) in [5, 5.41) is 19.2. The molecule has 9 atom stereocenters. The molecule has 0 amide bonds. The van der Waals surface area contributed by atoms with Gasteiger partial charge >= 0.3 is 23.9 Å². The first-order chi connectivity index (χ1) is 28.2. The average Bonchev–Trinajstić information content (AvgIpc) is 3.85. The Morgan fingerprint density at radius 2 is 1.19 bits per heavy atom. The molecule has 13 heteroatoms. The molecule has 0 radical (unpaired) electrons. The van der Waals surface area contributed by atoms with E-state index < -0.39 is 77.9 Å². The SMILES string of the molecule is C=C1C(=O)OC2C3C(COC(=O)Cc4ccc(O)cc4)=CC(=O)C3=C(C)CC(OC3CC(C)=C4C(=O)C=C(COC(=O)Cc5ccc(O)cc5)C4C4OC(=O)C(C)C34)C12. The molecule has 0 spiro atoms. The second-order valence-electron chi connectivity index (χ2n) is 16.3. The molecule has 2 aliphatic heterocycles. The molecule has 8 rings (SSSR count). The molecule has 6 aliphatic rings. The summed E-state index contributed by atoms with van der Waals surface area (Å²) in [7, 11) is 0. The Bertz CT molecular complexity index is 2290. The van der Waals surface area contributed by atoms with Crippen molar-refractivity contribution in [3.05, 3.63) is 117 Å². The van der Waals surface area contributed by atoms with Gasteiger partial charge in [-0.1, -0.05) is 48.9 Å². The van der Waals surface area contributed by atoms with Gasteiger partial charge in [0.05, 0.1) is 42.8 Å². The Hall–Kier alpha value is -6.08. The molecule has 59 heavy (non-hydrogen) atoms. The third-order valence-electron chi connectivity index (χ3n) is 12.6. The van der Waals surface area contributed by atoms with Crippen LogP contribution >= 0.6 is 0 Å². The molecule has 0 aromatic heterocycles. The van der Waals surface area contributed by atoms with E-state index in [1.807, 2.05) is 13.8 Å². The Morgan fingerprint density at radius 3 is 1.69 bits per heavy atom. The van der Waals surface area contributed by atoms with Crippen LogP contribution in [0, 0.1) is 29.6 Å². The molecular formula is C46H44O13. The van der Waals surface area contributed by atoms with Crippen molar-refractivity contribution in [1.82, 2.24) is 0 Å². The van der Waals surface area contributed by atoms with Crippen molar-refractivity contribution in [1.29, 1.82) is 0 Å². The quantitative estimate of drug-likeness (QED) is 0.191. The predicted octanol–water partition coefficient (Wildman–Crippen LogP) is 4.69. The highest BCUT2D eigenvalue weighted by Gasteiger charge is 2.58. The van der Waals surface area contributed by atoms with E-state index in [0.717, 1.165) is 5.57 Å². The van der Waals surface area contributed by atoms with Crippen molar-refractivity contribution >= 4 is 35.4 Å². The number of benzene rings is 2. The van der Waals surface area contributed by atoms with Crippen LogP contribution in [0.3, 0.4) is 0 Å². The smallest absolute Gasteiger partial charge is 0.334 e. The number of carbonyl (C=O) groups is 6. The van der Waals surface area contributed by atoms with Crippen molar-refractivity contribution in [2.75, 3.05) is 13.2 Å². The maximum Gasteiger partial charge on any atom is 0.334 e. The standard InChI is InChI=1S/C46H44O13/c1-21-13-33(39-23(3)45(53)58-43(39)41-27(17-31(49)37(21)41)19-55-35(51)15-25-5-9-29(47)10-6-25)57-34-14-22(2)38-32(50)18-28(42(38)44-40(34)24(4)46(54)59-44)20-56-36(52)16-26-7-11-30(48)12-8-26/h5-12,17-18,24,33-34,39-44,47-48H,3,13-16,19-20H2,1-2,4H3. The van der Waals surface area contributed by atoms with Crippen molar-refractivity contribution in [2.24, 2.45) is 29.6 Å². The minimum absolute atomic E-state index is 0.0472. The zero-order valence-corrected chi connectivity index (χ0v) is 32.8. The fourth-order valence-corrected chi connectivity index (χ4v) is 9.79. The number of rotatable bonds is 10. The molecule has 306 valence electrons. The zero-order chi connectivity index (χ0) is 41.9. The zero-order valence-electron chi connectivity index (χ0n) is 32.8. The summed E-state index contributed by atoms with van der Waals surface area (Å²) >= 11 is 0. The Balaban J connectivity index is 1.03. The van der Waals surface area contributed by atoms with Gasteiger partial charge in [-0.25, -0.2) is 4.79 Å². The topological polar surface area (TPSA) is 189 Å². The highest BCUT2D eigenvalue weighted by atomic mass is 16.6. The predicted molar refractivity (Wildman–Crippen MR) is 207 cm³/mol. The summed E-state index contributed by atoms with van der Waals surface area (Å²) in [5.41, 5.74) is 4.79. The number of hydrogen-bond donors (Lipinski definition) is 2. The van der Waals surface area contributed by atoms with E-state index in [2.05, 4.69) is 6.58 Å². The van der Waals surface area contributed by atoms with Gasteiger partial charge < -0.3 is 33.9 Å². The molecule has 13 nitrogen and oxygen atoms in total. The highest BCUT2D eigenvalue weighted by Crippen LogP contribution is 2.52. The van der Waals surface area contributed by atoms with Crippen molar-refractivity contribution < 1.29 is 62.7 Å². The van der Waals surface area contributed by atoms with Crippen LogP contribution in [0.4, 0.5) is 0 Å². The number of phenolic OH excluding ortho intramolecular Hbond substituents is 2. The lowest BCUT2D eigenvalue weighted by atomic mass is 9.79. The third kappa shape index (κ3) is 7.43. The van der Waals surface area contributed by atoms with Gasteiger partial charge in [-0.05, 0) is 85.4 Å². The van der Waals surface area contributed by atoms with Gasteiger partial charge in [-0.3, -0.25) is 24.0 Å². The number of carbonyl (C=O) groups excluding carboxylic acids is 6. The van der Waals surface area contributed by atoms with Crippen LogP contribution in [-0.4, -0.2) is 83.3 Å². The van der Waals surface area contributed by atoms with Crippen LogP contribution in [-0.2, 0) is 65.3 Å². The van der Waals surface area contributed by atoms with Crippen LogP contribution < -0.4 is 0 Å².